The van der Waals surface area contributed by atoms with Crippen LogP contribution in [0.25, 0.3) is 11.1 Å². The number of rotatable bonds is 7. The van der Waals surface area contributed by atoms with Crippen LogP contribution in [0.2, 0.25) is 0 Å². The zero-order chi connectivity index (χ0) is 20.8. The van der Waals surface area contributed by atoms with Gasteiger partial charge in [-0.1, -0.05) is 31.2 Å². The molecule has 2 aromatic rings. The van der Waals surface area contributed by atoms with Crippen molar-refractivity contribution in [2.24, 2.45) is 11.3 Å². The van der Waals surface area contributed by atoms with Crippen LogP contribution < -0.4 is 5.32 Å². The Balaban J connectivity index is 1.42. The Hall–Kier alpha value is -2.24. The molecule has 3 heterocycles. The highest BCUT2D eigenvalue weighted by atomic mass is 16.5. The normalized spacial score (nSPS) is 21.4. The summed E-state index contributed by atoms with van der Waals surface area (Å²) in [7, 11) is 0. The largest absolute Gasteiger partial charge is 0.381 e. The van der Waals surface area contributed by atoms with Gasteiger partial charge in [-0.25, -0.2) is 0 Å². The lowest BCUT2D eigenvalue weighted by Gasteiger charge is -2.36. The fourth-order valence-electron chi connectivity index (χ4n) is 4.79. The monoisotopic (exact) mass is 407 g/mol. The molecule has 1 N–H and O–H groups in total. The van der Waals surface area contributed by atoms with E-state index in [0.29, 0.717) is 19.1 Å². The molecule has 1 amide bonds. The SMILES string of the molecule is CCN1CC[C@H](CNC(=O)C2(Cc3ccc(-c4ccncc4)cc3)CCOCC2)C1. The van der Waals surface area contributed by atoms with Gasteiger partial charge in [0.25, 0.3) is 0 Å². The molecule has 1 atom stereocenters. The number of likely N-dealkylation sites (tertiary alicyclic amines) is 1. The third kappa shape index (κ3) is 4.90. The highest BCUT2D eigenvalue weighted by Gasteiger charge is 2.40. The number of benzene rings is 1. The molecule has 5 nitrogen and oxygen atoms in total. The smallest absolute Gasteiger partial charge is 0.226 e. The summed E-state index contributed by atoms with van der Waals surface area (Å²) in [5, 5.41) is 3.31. The number of nitrogens with one attached hydrogen (secondary N) is 1. The standard InChI is InChI=1S/C25H33N3O2/c1-2-28-14-9-21(19-28)18-27-24(29)25(10-15-30-16-11-25)17-20-3-5-22(6-4-20)23-7-12-26-13-8-23/h3-8,12-13,21H,2,9-11,14-19H2,1H3,(H,27,29)/t21-/m1/s1. The number of ether oxygens (including phenoxy) is 1. The maximum Gasteiger partial charge on any atom is 0.226 e. The van der Waals surface area contributed by atoms with Gasteiger partial charge >= 0.3 is 0 Å². The summed E-state index contributed by atoms with van der Waals surface area (Å²) >= 11 is 0. The van der Waals surface area contributed by atoms with Crippen LogP contribution in [0, 0.1) is 11.3 Å². The van der Waals surface area contributed by atoms with Gasteiger partial charge in [0.05, 0.1) is 5.41 Å². The topological polar surface area (TPSA) is 54.5 Å². The molecular weight excluding hydrogens is 374 g/mol. The van der Waals surface area contributed by atoms with E-state index in [9.17, 15) is 4.79 Å². The Kier molecular flexibility index (Phi) is 6.80. The average molecular weight is 408 g/mol. The third-order valence-corrected chi connectivity index (χ3v) is 6.81. The first-order chi connectivity index (χ1) is 14.7. The molecule has 0 aliphatic carbocycles. The van der Waals surface area contributed by atoms with Crippen molar-refractivity contribution in [3.63, 3.8) is 0 Å². The zero-order valence-corrected chi connectivity index (χ0v) is 18.0. The van der Waals surface area contributed by atoms with Crippen molar-refractivity contribution in [2.45, 2.75) is 32.6 Å². The molecule has 160 valence electrons. The van der Waals surface area contributed by atoms with E-state index >= 15 is 0 Å². The van der Waals surface area contributed by atoms with E-state index in [1.165, 1.54) is 17.5 Å². The minimum atomic E-state index is -0.362. The first-order valence-corrected chi connectivity index (χ1v) is 11.3. The second-order valence-electron chi connectivity index (χ2n) is 8.76. The van der Waals surface area contributed by atoms with E-state index in [1.807, 2.05) is 24.5 Å². The lowest BCUT2D eigenvalue weighted by molar-refractivity contribution is -0.136. The summed E-state index contributed by atoms with van der Waals surface area (Å²) in [6.45, 7) is 7.67. The molecule has 1 aromatic carbocycles. The summed E-state index contributed by atoms with van der Waals surface area (Å²) in [5.41, 5.74) is 3.18. The van der Waals surface area contributed by atoms with E-state index in [0.717, 1.165) is 51.0 Å². The minimum absolute atomic E-state index is 0.207. The molecular formula is C25H33N3O2. The van der Waals surface area contributed by atoms with Crippen molar-refractivity contribution >= 4 is 5.91 Å². The van der Waals surface area contributed by atoms with Crippen LogP contribution >= 0.6 is 0 Å². The lowest BCUT2D eigenvalue weighted by Crippen LogP contribution is -2.47. The average Bonchev–Trinajstić information content (AvgIpc) is 3.27. The van der Waals surface area contributed by atoms with Crippen molar-refractivity contribution < 1.29 is 9.53 Å². The van der Waals surface area contributed by atoms with Crippen LogP contribution in [0.15, 0.2) is 48.8 Å². The third-order valence-electron chi connectivity index (χ3n) is 6.81. The van der Waals surface area contributed by atoms with Gasteiger partial charge in [0.1, 0.15) is 0 Å². The quantitative estimate of drug-likeness (QED) is 0.763. The minimum Gasteiger partial charge on any atom is -0.381 e. The number of amides is 1. The number of aromatic nitrogens is 1. The van der Waals surface area contributed by atoms with Crippen LogP contribution in [0.4, 0.5) is 0 Å². The summed E-state index contributed by atoms with van der Waals surface area (Å²) in [4.78, 5) is 19.9. The molecule has 5 heteroatoms. The van der Waals surface area contributed by atoms with Crippen LogP contribution in [0.1, 0.15) is 31.7 Å². The second kappa shape index (κ2) is 9.71. The highest BCUT2D eigenvalue weighted by Crippen LogP contribution is 2.35. The number of nitrogens with zero attached hydrogens (tertiary/aromatic N) is 2. The molecule has 2 aliphatic heterocycles. The van der Waals surface area contributed by atoms with Crippen LogP contribution in [-0.2, 0) is 16.0 Å². The molecule has 0 saturated carbocycles. The predicted molar refractivity (Wildman–Crippen MR) is 119 cm³/mol. The Morgan fingerprint density at radius 1 is 1.13 bits per heavy atom. The van der Waals surface area contributed by atoms with Gasteiger partial charge in [-0.05, 0) is 73.5 Å². The number of pyridine rings is 1. The summed E-state index contributed by atoms with van der Waals surface area (Å²) < 4.78 is 5.60. The number of hydrogen-bond donors (Lipinski definition) is 1. The van der Waals surface area contributed by atoms with Gasteiger partial charge in [-0.2, -0.15) is 0 Å². The Morgan fingerprint density at radius 2 is 1.83 bits per heavy atom. The van der Waals surface area contributed by atoms with E-state index in [1.54, 1.807) is 0 Å². The highest BCUT2D eigenvalue weighted by molar-refractivity contribution is 5.83. The molecule has 2 fully saturated rings. The number of carbonyl (C=O) groups excluding carboxylic acids is 1. The Bertz CT molecular complexity index is 816. The van der Waals surface area contributed by atoms with Gasteiger partial charge < -0.3 is 15.0 Å². The molecule has 0 spiro atoms. The van der Waals surface area contributed by atoms with Crippen molar-refractivity contribution in [3.05, 3.63) is 54.4 Å². The maximum absolute atomic E-state index is 13.3. The van der Waals surface area contributed by atoms with Gasteiger partial charge in [0.2, 0.25) is 5.91 Å². The van der Waals surface area contributed by atoms with Crippen molar-refractivity contribution in [2.75, 3.05) is 39.4 Å². The zero-order valence-electron chi connectivity index (χ0n) is 18.0. The van der Waals surface area contributed by atoms with Gasteiger partial charge in [-0.3, -0.25) is 9.78 Å². The molecule has 0 radical (unpaired) electrons. The van der Waals surface area contributed by atoms with Crippen molar-refractivity contribution in [1.82, 2.24) is 15.2 Å². The Morgan fingerprint density at radius 3 is 2.50 bits per heavy atom. The molecule has 0 bridgehead atoms. The van der Waals surface area contributed by atoms with Gasteiger partial charge in [0.15, 0.2) is 0 Å². The lowest BCUT2D eigenvalue weighted by atomic mass is 9.74. The molecule has 2 aliphatic rings. The molecule has 0 unspecified atom stereocenters. The van der Waals surface area contributed by atoms with E-state index < -0.39 is 0 Å². The van der Waals surface area contributed by atoms with Gasteiger partial charge in [0, 0.05) is 38.7 Å². The molecule has 1 aromatic heterocycles. The number of carbonyl (C=O) groups is 1. The summed E-state index contributed by atoms with van der Waals surface area (Å²) in [6, 6.07) is 12.7. The Labute approximate surface area is 179 Å². The molecule has 4 rings (SSSR count). The summed E-state index contributed by atoms with van der Waals surface area (Å²) in [5.74, 6) is 0.782. The van der Waals surface area contributed by atoms with Crippen LogP contribution in [0.5, 0.6) is 0 Å². The van der Waals surface area contributed by atoms with E-state index in [-0.39, 0.29) is 11.3 Å². The van der Waals surface area contributed by atoms with E-state index in [2.05, 4.69) is 46.4 Å². The number of hydrogen-bond acceptors (Lipinski definition) is 4. The first kappa shape index (κ1) is 21.0. The van der Waals surface area contributed by atoms with E-state index in [4.69, 9.17) is 4.74 Å². The predicted octanol–water partition coefficient (Wildman–Crippen LogP) is 3.55. The summed E-state index contributed by atoms with van der Waals surface area (Å²) in [6.07, 6.45) is 7.15. The van der Waals surface area contributed by atoms with Crippen molar-refractivity contribution in [1.29, 1.82) is 0 Å². The van der Waals surface area contributed by atoms with Crippen molar-refractivity contribution in [3.8, 4) is 11.1 Å². The second-order valence-corrected chi connectivity index (χ2v) is 8.76. The molecule has 30 heavy (non-hydrogen) atoms. The molecule has 2 saturated heterocycles. The van der Waals surface area contributed by atoms with Crippen LogP contribution in [0.3, 0.4) is 0 Å². The maximum atomic E-state index is 13.3. The van der Waals surface area contributed by atoms with Gasteiger partial charge in [-0.15, -0.1) is 0 Å². The fourth-order valence-corrected chi connectivity index (χ4v) is 4.79. The van der Waals surface area contributed by atoms with Crippen LogP contribution in [-0.4, -0.2) is 55.2 Å². The fraction of sp³-hybridized carbons (Fsp3) is 0.520. The first-order valence-electron chi connectivity index (χ1n) is 11.3.